The van der Waals surface area contributed by atoms with Crippen LogP contribution in [0.1, 0.15) is 47.9 Å². The highest BCUT2D eigenvalue weighted by atomic mass is 35.5. The second-order valence-electron chi connectivity index (χ2n) is 5.66. The predicted octanol–water partition coefficient (Wildman–Crippen LogP) is 4.66. The van der Waals surface area contributed by atoms with E-state index < -0.39 is 0 Å². The maximum Gasteiger partial charge on any atom is 0.124 e. The van der Waals surface area contributed by atoms with E-state index in [9.17, 15) is 0 Å². The second kappa shape index (κ2) is 6.08. The highest BCUT2D eigenvalue weighted by Crippen LogP contribution is 2.38. The summed E-state index contributed by atoms with van der Waals surface area (Å²) < 4.78 is 5.41. The maximum absolute atomic E-state index is 6.45. The molecule has 1 atom stereocenters. The lowest BCUT2D eigenvalue weighted by molar-refractivity contribution is 0.407. The average Bonchev–Trinajstić information content (AvgIpc) is 2.45. The van der Waals surface area contributed by atoms with Gasteiger partial charge < -0.3 is 10.5 Å². The normalized spacial score (nSPS) is 16.3. The molecular weight excluding hydrogens is 282 g/mol. The molecule has 0 aromatic heterocycles. The van der Waals surface area contributed by atoms with Gasteiger partial charge in [0.25, 0.3) is 0 Å². The minimum atomic E-state index is -0.223. The molecule has 0 saturated heterocycles. The van der Waals surface area contributed by atoms with E-state index in [0.717, 1.165) is 16.9 Å². The lowest BCUT2D eigenvalue weighted by atomic mass is 9.79. The quantitative estimate of drug-likeness (QED) is 0.891. The van der Waals surface area contributed by atoms with Crippen molar-refractivity contribution < 1.29 is 4.74 Å². The van der Waals surface area contributed by atoms with Gasteiger partial charge in [0.2, 0.25) is 0 Å². The van der Waals surface area contributed by atoms with Gasteiger partial charge in [-0.2, -0.15) is 0 Å². The summed E-state index contributed by atoms with van der Waals surface area (Å²) in [6.45, 7) is 0. The Morgan fingerprint density at radius 2 is 2.00 bits per heavy atom. The van der Waals surface area contributed by atoms with Crippen LogP contribution in [0, 0.1) is 0 Å². The summed E-state index contributed by atoms with van der Waals surface area (Å²) >= 11 is 6.11. The van der Waals surface area contributed by atoms with Crippen molar-refractivity contribution in [3.05, 3.63) is 64.2 Å². The van der Waals surface area contributed by atoms with E-state index >= 15 is 0 Å². The molecule has 2 aromatic rings. The first-order valence-corrected chi connectivity index (χ1v) is 7.75. The molecular formula is C18H20ClNO. The van der Waals surface area contributed by atoms with E-state index in [0.29, 0.717) is 10.9 Å². The fraction of sp³-hybridized carbons (Fsp3) is 0.333. The Labute approximate surface area is 130 Å². The first-order chi connectivity index (χ1) is 10.2. The summed E-state index contributed by atoms with van der Waals surface area (Å²) in [6, 6.07) is 14.0. The Balaban J connectivity index is 1.94. The summed E-state index contributed by atoms with van der Waals surface area (Å²) in [4.78, 5) is 0. The Kier molecular flexibility index (Phi) is 4.18. The molecule has 2 N–H and O–H groups in total. The molecule has 1 saturated carbocycles. The molecule has 1 aliphatic carbocycles. The van der Waals surface area contributed by atoms with E-state index in [1.54, 1.807) is 7.11 Å². The Morgan fingerprint density at radius 3 is 2.67 bits per heavy atom. The fourth-order valence-electron chi connectivity index (χ4n) is 2.88. The molecule has 0 aliphatic heterocycles. The molecule has 1 unspecified atom stereocenters. The summed E-state index contributed by atoms with van der Waals surface area (Å²) in [5.41, 5.74) is 9.89. The lowest BCUT2D eigenvalue weighted by Gasteiger charge is -2.27. The molecule has 1 aliphatic rings. The van der Waals surface area contributed by atoms with Gasteiger partial charge >= 0.3 is 0 Å². The van der Waals surface area contributed by atoms with Gasteiger partial charge in [-0.05, 0) is 48.1 Å². The van der Waals surface area contributed by atoms with Crippen LogP contribution >= 0.6 is 11.6 Å². The van der Waals surface area contributed by atoms with Crippen molar-refractivity contribution in [3.63, 3.8) is 0 Å². The minimum absolute atomic E-state index is 0.223. The molecule has 3 heteroatoms. The Hall–Kier alpha value is -1.51. The zero-order valence-corrected chi connectivity index (χ0v) is 12.9. The van der Waals surface area contributed by atoms with Crippen LogP contribution < -0.4 is 10.5 Å². The minimum Gasteiger partial charge on any atom is -0.496 e. The van der Waals surface area contributed by atoms with E-state index in [1.807, 2.05) is 18.2 Å². The van der Waals surface area contributed by atoms with Gasteiger partial charge in [0.05, 0.1) is 13.2 Å². The van der Waals surface area contributed by atoms with Crippen LogP contribution in [-0.2, 0) is 0 Å². The maximum atomic E-state index is 6.45. The lowest BCUT2D eigenvalue weighted by Crippen LogP contribution is -2.15. The number of halogens is 1. The van der Waals surface area contributed by atoms with Crippen molar-refractivity contribution in [2.45, 2.75) is 31.2 Å². The Morgan fingerprint density at radius 1 is 1.19 bits per heavy atom. The van der Waals surface area contributed by atoms with E-state index in [2.05, 4.69) is 24.3 Å². The van der Waals surface area contributed by atoms with E-state index in [-0.39, 0.29) is 6.04 Å². The molecule has 1 fully saturated rings. The van der Waals surface area contributed by atoms with Crippen LogP contribution in [0.5, 0.6) is 5.75 Å². The number of benzene rings is 2. The van der Waals surface area contributed by atoms with Gasteiger partial charge in [0, 0.05) is 10.6 Å². The molecule has 110 valence electrons. The third-order valence-electron chi connectivity index (χ3n) is 4.37. The standard InChI is InChI=1S/C18H20ClNO/c1-21-17-9-8-15(19)11-16(17)18(20)14-7-3-6-13(10-14)12-4-2-5-12/h3,6-12,18H,2,4-5,20H2,1H3. The number of nitrogens with two attached hydrogens (primary N) is 1. The monoisotopic (exact) mass is 301 g/mol. The molecule has 0 radical (unpaired) electrons. The van der Waals surface area contributed by atoms with Gasteiger partial charge in [-0.1, -0.05) is 42.3 Å². The number of methoxy groups -OCH3 is 1. The van der Waals surface area contributed by atoms with Crippen molar-refractivity contribution in [2.75, 3.05) is 7.11 Å². The molecule has 0 heterocycles. The molecule has 2 aromatic carbocycles. The SMILES string of the molecule is COc1ccc(Cl)cc1C(N)c1cccc(C2CCC2)c1. The molecule has 0 amide bonds. The zero-order chi connectivity index (χ0) is 14.8. The van der Waals surface area contributed by atoms with Gasteiger partial charge in [0.1, 0.15) is 5.75 Å². The summed E-state index contributed by atoms with van der Waals surface area (Å²) in [5.74, 6) is 1.49. The zero-order valence-electron chi connectivity index (χ0n) is 12.2. The van der Waals surface area contributed by atoms with Crippen LogP contribution in [0.4, 0.5) is 0 Å². The summed E-state index contributed by atoms with van der Waals surface area (Å²) in [7, 11) is 1.66. The van der Waals surface area contributed by atoms with Crippen LogP contribution in [0.25, 0.3) is 0 Å². The third kappa shape index (κ3) is 2.92. The number of rotatable bonds is 4. The van der Waals surface area contributed by atoms with Gasteiger partial charge in [-0.3, -0.25) is 0 Å². The van der Waals surface area contributed by atoms with Gasteiger partial charge in [-0.15, -0.1) is 0 Å². The number of ether oxygens (including phenoxy) is 1. The van der Waals surface area contributed by atoms with Crippen LogP contribution in [-0.4, -0.2) is 7.11 Å². The smallest absolute Gasteiger partial charge is 0.124 e. The number of hydrogen-bond donors (Lipinski definition) is 1. The largest absolute Gasteiger partial charge is 0.496 e. The summed E-state index contributed by atoms with van der Waals surface area (Å²) in [6.07, 6.45) is 3.92. The van der Waals surface area contributed by atoms with Crippen molar-refractivity contribution in [2.24, 2.45) is 5.73 Å². The Bertz CT molecular complexity index is 637. The van der Waals surface area contributed by atoms with Gasteiger partial charge in [-0.25, -0.2) is 0 Å². The predicted molar refractivity (Wildman–Crippen MR) is 87.1 cm³/mol. The van der Waals surface area contributed by atoms with Crippen LogP contribution in [0.3, 0.4) is 0 Å². The van der Waals surface area contributed by atoms with E-state index in [4.69, 9.17) is 22.1 Å². The molecule has 0 bridgehead atoms. The fourth-order valence-corrected chi connectivity index (χ4v) is 3.06. The van der Waals surface area contributed by atoms with E-state index in [1.165, 1.54) is 24.8 Å². The average molecular weight is 302 g/mol. The first kappa shape index (κ1) is 14.4. The molecule has 0 spiro atoms. The molecule has 21 heavy (non-hydrogen) atoms. The third-order valence-corrected chi connectivity index (χ3v) is 4.61. The van der Waals surface area contributed by atoms with Crippen molar-refractivity contribution in [1.82, 2.24) is 0 Å². The topological polar surface area (TPSA) is 35.2 Å². The highest BCUT2D eigenvalue weighted by Gasteiger charge is 2.21. The highest BCUT2D eigenvalue weighted by molar-refractivity contribution is 6.30. The molecule has 2 nitrogen and oxygen atoms in total. The van der Waals surface area contributed by atoms with Gasteiger partial charge in [0.15, 0.2) is 0 Å². The molecule has 3 rings (SSSR count). The van der Waals surface area contributed by atoms with Crippen molar-refractivity contribution in [3.8, 4) is 5.75 Å². The van der Waals surface area contributed by atoms with Crippen LogP contribution in [0.15, 0.2) is 42.5 Å². The van der Waals surface area contributed by atoms with Crippen molar-refractivity contribution in [1.29, 1.82) is 0 Å². The van der Waals surface area contributed by atoms with Crippen LogP contribution in [0.2, 0.25) is 5.02 Å². The van der Waals surface area contributed by atoms with Crippen molar-refractivity contribution >= 4 is 11.6 Å². The second-order valence-corrected chi connectivity index (χ2v) is 6.10. The summed E-state index contributed by atoms with van der Waals surface area (Å²) in [5, 5.41) is 0.677. The first-order valence-electron chi connectivity index (χ1n) is 7.38. The number of hydrogen-bond acceptors (Lipinski definition) is 2.